The third kappa shape index (κ3) is 1.76. The van der Waals surface area contributed by atoms with Gasteiger partial charge < -0.3 is 10.2 Å². The number of aliphatic carboxylic acids is 1. The van der Waals surface area contributed by atoms with Crippen LogP contribution in [0.15, 0.2) is 0 Å². The maximum absolute atomic E-state index is 10.5. The van der Waals surface area contributed by atoms with Crippen LogP contribution >= 0.6 is 0 Å². The molecule has 0 aromatic heterocycles. The highest BCUT2D eigenvalue weighted by molar-refractivity contribution is 5.73. The molecule has 1 fully saturated rings. The molecule has 3 N–H and O–H groups in total. The Morgan fingerprint density at radius 2 is 2.25 bits per heavy atom. The van der Waals surface area contributed by atoms with Gasteiger partial charge in [0.05, 0.1) is 6.61 Å². The molecule has 4 nitrogen and oxygen atoms in total. The van der Waals surface area contributed by atoms with E-state index in [4.69, 9.17) is 10.2 Å². The minimum atomic E-state index is -0.866. The lowest BCUT2D eigenvalue weighted by Crippen LogP contribution is -2.58. The summed E-state index contributed by atoms with van der Waals surface area (Å²) in [5.41, 5.74) is -0.308. The van der Waals surface area contributed by atoms with Crippen molar-refractivity contribution in [3.63, 3.8) is 0 Å². The predicted octanol–water partition coefficient (Wildman–Crippen LogP) is -0.0359. The molecule has 0 heterocycles. The highest BCUT2D eigenvalue weighted by atomic mass is 16.4. The van der Waals surface area contributed by atoms with Gasteiger partial charge in [-0.05, 0) is 26.2 Å². The molecule has 0 radical (unpaired) electrons. The number of rotatable bonds is 4. The Bertz CT molecular complexity index is 172. The third-order valence-corrected chi connectivity index (χ3v) is 2.51. The molecule has 0 aliphatic heterocycles. The van der Waals surface area contributed by atoms with Gasteiger partial charge in [0.1, 0.15) is 6.04 Å². The standard InChI is InChI=1S/C8H15NO3/c1-6(7(11)12)9-8(5-10)3-2-4-8/h6,9-10H,2-5H2,1H3,(H,11,12). The quantitative estimate of drug-likeness (QED) is 0.558. The first kappa shape index (κ1) is 9.48. The molecule has 0 spiro atoms. The van der Waals surface area contributed by atoms with Crippen LogP contribution in [0.2, 0.25) is 0 Å². The molecule has 0 bridgehead atoms. The van der Waals surface area contributed by atoms with Crippen molar-refractivity contribution < 1.29 is 15.0 Å². The molecule has 0 aromatic rings. The van der Waals surface area contributed by atoms with Crippen LogP contribution < -0.4 is 5.32 Å². The average molecular weight is 173 g/mol. The first-order chi connectivity index (χ1) is 5.59. The van der Waals surface area contributed by atoms with Crippen molar-refractivity contribution >= 4 is 5.97 Å². The van der Waals surface area contributed by atoms with Crippen molar-refractivity contribution in [3.8, 4) is 0 Å². The van der Waals surface area contributed by atoms with Gasteiger partial charge in [-0.1, -0.05) is 0 Å². The van der Waals surface area contributed by atoms with Crippen molar-refractivity contribution in [1.29, 1.82) is 0 Å². The molecule has 1 atom stereocenters. The maximum Gasteiger partial charge on any atom is 0.320 e. The Kier molecular flexibility index (Phi) is 2.69. The number of nitrogens with one attached hydrogen (secondary N) is 1. The third-order valence-electron chi connectivity index (χ3n) is 2.51. The highest BCUT2D eigenvalue weighted by Gasteiger charge is 2.38. The zero-order valence-corrected chi connectivity index (χ0v) is 7.21. The average Bonchev–Trinajstić information content (AvgIpc) is 1.96. The van der Waals surface area contributed by atoms with Gasteiger partial charge >= 0.3 is 5.97 Å². The van der Waals surface area contributed by atoms with Crippen LogP contribution in [0.5, 0.6) is 0 Å². The molecule has 1 saturated carbocycles. The molecule has 1 aliphatic rings. The van der Waals surface area contributed by atoms with E-state index in [0.717, 1.165) is 19.3 Å². The van der Waals surface area contributed by atoms with Gasteiger partial charge in [0, 0.05) is 5.54 Å². The Hall–Kier alpha value is -0.610. The summed E-state index contributed by atoms with van der Waals surface area (Å²) in [5.74, 6) is -0.866. The second-order valence-corrected chi connectivity index (χ2v) is 3.50. The second kappa shape index (κ2) is 3.41. The smallest absolute Gasteiger partial charge is 0.320 e. The van der Waals surface area contributed by atoms with Gasteiger partial charge in [-0.3, -0.25) is 10.1 Å². The van der Waals surface area contributed by atoms with Gasteiger partial charge in [-0.25, -0.2) is 0 Å². The number of carboxylic acids is 1. The zero-order chi connectivity index (χ0) is 9.19. The Labute approximate surface area is 71.6 Å². The molecule has 0 aromatic carbocycles. The van der Waals surface area contributed by atoms with Crippen molar-refractivity contribution in [3.05, 3.63) is 0 Å². The van der Waals surface area contributed by atoms with Gasteiger partial charge in [0.15, 0.2) is 0 Å². The number of carboxylic acid groups (broad SMARTS) is 1. The summed E-state index contributed by atoms with van der Waals surface area (Å²) in [6.45, 7) is 1.63. The first-order valence-corrected chi connectivity index (χ1v) is 4.21. The predicted molar refractivity (Wildman–Crippen MR) is 43.9 cm³/mol. The number of hydrogen-bond donors (Lipinski definition) is 3. The van der Waals surface area contributed by atoms with Crippen molar-refractivity contribution in [2.24, 2.45) is 0 Å². The summed E-state index contributed by atoms with van der Waals surface area (Å²) in [7, 11) is 0. The van der Waals surface area contributed by atoms with Crippen LogP contribution in [0, 0.1) is 0 Å². The lowest BCUT2D eigenvalue weighted by Gasteiger charge is -2.42. The SMILES string of the molecule is CC(NC1(CO)CCC1)C(=O)O. The summed E-state index contributed by atoms with van der Waals surface area (Å²) >= 11 is 0. The van der Waals surface area contributed by atoms with E-state index in [1.165, 1.54) is 0 Å². The lowest BCUT2D eigenvalue weighted by molar-refractivity contribution is -0.140. The van der Waals surface area contributed by atoms with E-state index >= 15 is 0 Å². The van der Waals surface area contributed by atoms with E-state index in [1.807, 2.05) is 0 Å². The fraction of sp³-hybridized carbons (Fsp3) is 0.875. The van der Waals surface area contributed by atoms with E-state index in [0.29, 0.717) is 0 Å². The molecule has 12 heavy (non-hydrogen) atoms. The molecule has 0 amide bonds. The van der Waals surface area contributed by atoms with Crippen LogP contribution in [0.3, 0.4) is 0 Å². The number of carbonyl (C=O) groups is 1. The molecule has 1 aliphatic carbocycles. The Morgan fingerprint density at radius 3 is 2.50 bits per heavy atom. The Morgan fingerprint density at radius 1 is 1.67 bits per heavy atom. The first-order valence-electron chi connectivity index (χ1n) is 4.21. The minimum absolute atomic E-state index is 0.0324. The lowest BCUT2D eigenvalue weighted by atomic mass is 9.77. The fourth-order valence-electron chi connectivity index (χ4n) is 1.47. The molecule has 4 heteroatoms. The van der Waals surface area contributed by atoms with Crippen molar-refractivity contribution in [1.82, 2.24) is 5.32 Å². The van der Waals surface area contributed by atoms with Gasteiger partial charge in [-0.15, -0.1) is 0 Å². The summed E-state index contributed by atoms with van der Waals surface area (Å²) in [6, 6.07) is -0.572. The van der Waals surface area contributed by atoms with Crippen LogP contribution in [0.1, 0.15) is 26.2 Å². The fourth-order valence-corrected chi connectivity index (χ4v) is 1.47. The molecular weight excluding hydrogens is 158 g/mol. The highest BCUT2D eigenvalue weighted by Crippen LogP contribution is 2.31. The summed E-state index contributed by atoms with van der Waals surface area (Å²) in [5, 5.41) is 20.6. The van der Waals surface area contributed by atoms with E-state index in [-0.39, 0.29) is 12.1 Å². The summed E-state index contributed by atoms with van der Waals surface area (Å²) in [6.07, 6.45) is 2.82. The van der Waals surface area contributed by atoms with E-state index in [2.05, 4.69) is 5.32 Å². The molecule has 70 valence electrons. The van der Waals surface area contributed by atoms with E-state index in [1.54, 1.807) is 6.92 Å². The van der Waals surface area contributed by atoms with Crippen molar-refractivity contribution in [2.45, 2.75) is 37.8 Å². The van der Waals surface area contributed by atoms with Crippen LogP contribution in [-0.4, -0.2) is 34.4 Å². The minimum Gasteiger partial charge on any atom is -0.480 e. The van der Waals surface area contributed by atoms with Crippen LogP contribution in [0.25, 0.3) is 0 Å². The van der Waals surface area contributed by atoms with Gasteiger partial charge in [-0.2, -0.15) is 0 Å². The van der Waals surface area contributed by atoms with Gasteiger partial charge in [0.2, 0.25) is 0 Å². The normalized spacial score (nSPS) is 22.8. The second-order valence-electron chi connectivity index (χ2n) is 3.50. The molecule has 1 unspecified atom stereocenters. The molecular formula is C8H15NO3. The van der Waals surface area contributed by atoms with Crippen molar-refractivity contribution in [2.75, 3.05) is 6.61 Å². The topological polar surface area (TPSA) is 69.6 Å². The largest absolute Gasteiger partial charge is 0.480 e. The van der Waals surface area contributed by atoms with Gasteiger partial charge in [0.25, 0.3) is 0 Å². The number of hydrogen-bond acceptors (Lipinski definition) is 3. The number of aliphatic hydroxyl groups is 1. The summed E-state index contributed by atoms with van der Waals surface area (Å²) < 4.78 is 0. The zero-order valence-electron chi connectivity index (χ0n) is 7.21. The van der Waals surface area contributed by atoms with E-state index < -0.39 is 12.0 Å². The molecule has 1 rings (SSSR count). The molecule has 0 saturated heterocycles. The van der Waals surface area contributed by atoms with E-state index in [9.17, 15) is 4.79 Å². The Balaban J connectivity index is 2.42. The van der Waals surface area contributed by atoms with Crippen LogP contribution in [-0.2, 0) is 4.79 Å². The van der Waals surface area contributed by atoms with Crippen LogP contribution in [0.4, 0.5) is 0 Å². The number of aliphatic hydroxyl groups excluding tert-OH is 1. The summed E-state index contributed by atoms with van der Waals surface area (Å²) in [4.78, 5) is 10.5. The monoisotopic (exact) mass is 173 g/mol. The maximum atomic E-state index is 10.5.